The summed E-state index contributed by atoms with van der Waals surface area (Å²) in [5.41, 5.74) is 1.86. The Morgan fingerprint density at radius 1 is 1.00 bits per heavy atom. The second kappa shape index (κ2) is 9.59. The highest BCUT2D eigenvalue weighted by atomic mass is 32.2. The molecule has 4 rings (SSSR count). The van der Waals surface area contributed by atoms with Crippen molar-refractivity contribution in [2.75, 3.05) is 26.2 Å². The van der Waals surface area contributed by atoms with Gasteiger partial charge in [-0.15, -0.1) is 0 Å². The standard InChI is InChI=1S/C24H27FN2OS/c25-21-12-7-11-20(18-21)24-27(16-8-15-26-13-5-2-6-14-26)23(28)22(29-24)17-19-9-3-1-4-10-19/h1,3-4,7,9-12,17-18,24H,2,5-6,8,13-16H2/b22-17+. The van der Waals surface area contributed by atoms with Gasteiger partial charge in [-0.1, -0.05) is 60.6 Å². The van der Waals surface area contributed by atoms with E-state index in [0.29, 0.717) is 6.54 Å². The zero-order chi connectivity index (χ0) is 20.1. The van der Waals surface area contributed by atoms with Crippen molar-refractivity contribution in [2.45, 2.75) is 31.1 Å². The largest absolute Gasteiger partial charge is 0.322 e. The average molecular weight is 411 g/mol. The van der Waals surface area contributed by atoms with Crippen LogP contribution in [0.1, 0.15) is 42.2 Å². The zero-order valence-electron chi connectivity index (χ0n) is 16.6. The molecule has 1 unspecified atom stereocenters. The Morgan fingerprint density at radius 2 is 1.79 bits per heavy atom. The van der Waals surface area contributed by atoms with Crippen LogP contribution in [0.5, 0.6) is 0 Å². The summed E-state index contributed by atoms with van der Waals surface area (Å²) < 4.78 is 13.8. The first-order valence-electron chi connectivity index (χ1n) is 10.4. The van der Waals surface area contributed by atoms with E-state index >= 15 is 0 Å². The second-order valence-corrected chi connectivity index (χ2v) is 8.82. The third-order valence-electron chi connectivity index (χ3n) is 5.55. The predicted octanol–water partition coefficient (Wildman–Crippen LogP) is 5.32. The zero-order valence-corrected chi connectivity index (χ0v) is 17.4. The van der Waals surface area contributed by atoms with Gasteiger partial charge >= 0.3 is 0 Å². The van der Waals surface area contributed by atoms with Crippen LogP contribution in [0.3, 0.4) is 0 Å². The highest BCUT2D eigenvalue weighted by molar-refractivity contribution is 8.04. The van der Waals surface area contributed by atoms with E-state index in [1.807, 2.05) is 47.4 Å². The van der Waals surface area contributed by atoms with Gasteiger partial charge in [-0.25, -0.2) is 4.39 Å². The van der Waals surface area contributed by atoms with Crippen molar-refractivity contribution < 1.29 is 9.18 Å². The van der Waals surface area contributed by atoms with Gasteiger partial charge in [0.1, 0.15) is 11.2 Å². The minimum Gasteiger partial charge on any atom is -0.322 e. The number of piperidine rings is 1. The molecule has 3 nitrogen and oxygen atoms in total. The third kappa shape index (κ3) is 5.09. The summed E-state index contributed by atoms with van der Waals surface area (Å²) in [5, 5.41) is -0.172. The Kier molecular flexibility index (Phi) is 6.67. The van der Waals surface area contributed by atoms with E-state index in [2.05, 4.69) is 4.90 Å². The molecule has 2 saturated heterocycles. The van der Waals surface area contributed by atoms with Crippen LogP contribution in [-0.2, 0) is 4.79 Å². The first-order valence-corrected chi connectivity index (χ1v) is 11.3. The number of amides is 1. The SMILES string of the molecule is O=C1/C(=C\c2ccccc2)SC(c2cccc(F)c2)N1CCCN1CCCCC1. The van der Waals surface area contributed by atoms with Crippen LogP contribution in [0, 0.1) is 5.82 Å². The Morgan fingerprint density at radius 3 is 2.55 bits per heavy atom. The molecule has 0 bridgehead atoms. The number of likely N-dealkylation sites (tertiary alicyclic amines) is 1. The molecule has 0 saturated carbocycles. The summed E-state index contributed by atoms with van der Waals surface area (Å²) in [6, 6.07) is 16.5. The third-order valence-corrected chi connectivity index (χ3v) is 6.84. The van der Waals surface area contributed by atoms with E-state index in [1.165, 1.54) is 37.1 Å². The summed E-state index contributed by atoms with van der Waals surface area (Å²) in [5.74, 6) is -0.212. The van der Waals surface area contributed by atoms with Crippen LogP contribution < -0.4 is 0 Å². The Balaban J connectivity index is 1.51. The van der Waals surface area contributed by atoms with Gasteiger partial charge in [0.2, 0.25) is 0 Å². The molecular formula is C24H27FN2OS. The number of rotatable bonds is 6. The topological polar surface area (TPSA) is 23.6 Å². The van der Waals surface area contributed by atoms with Crippen LogP contribution in [0.4, 0.5) is 4.39 Å². The smallest absolute Gasteiger partial charge is 0.261 e. The quantitative estimate of drug-likeness (QED) is 0.603. The molecule has 2 fully saturated rings. The average Bonchev–Trinajstić information content (AvgIpc) is 3.05. The maximum absolute atomic E-state index is 13.8. The fourth-order valence-electron chi connectivity index (χ4n) is 4.05. The fraction of sp³-hybridized carbons (Fsp3) is 0.375. The second-order valence-electron chi connectivity index (χ2n) is 7.70. The van der Waals surface area contributed by atoms with E-state index in [1.54, 1.807) is 12.1 Å². The van der Waals surface area contributed by atoms with Gasteiger partial charge in [0.05, 0.1) is 4.91 Å². The summed E-state index contributed by atoms with van der Waals surface area (Å²) in [6.45, 7) is 4.03. The van der Waals surface area contributed by atoms with Crippen LogP contribution in [0.25, 0.3) is 6.08 Å². The van der Waals surface area contributed by atoms with Crippen molar-refractivity contribution >= 4 is 23.7 Å². The van der Waals surface area contributed by atoms with E-state index in [9.17, 15) is 9.18 Å². The normalized spacial score (nSPS) is 21.8. The number of nitrogens with zero attached hydrogens (tertiary/aromatic N) is 2. The van der Waals surface area contributed by atoms with Gasteiger partial charge in [0.25, 0.3) is 5.91 Å². The lowest BCUT2D eigenvalue weighted by molar-refractivity contribution is -0.126. The Bertz CT molecular complexity index is 864. The monoisotopic (exact) mass is 410 g/mol. The van der Waals surface area contributed by atoms with Gasteiger partial charge in [-0.2, -0.15) is 0 Å². The summed E-state index contributed by atoms with van der Waals surface area (Å²) >= 11 is 1.53. The molecule has 1 amide bonds. The first kappa shape index (κ1) is 20.2. The molecule has 2 aliphatic rings. The number of halogens is 1. The lowest BCUT2D eigenvalue weighted by atomic mass is 10.1. The van der Waals surface area contributed by atoms with Crippen LogP contribution >= 0.6 is 11.8 Å². The Labute approximate surface area is 176 Å². The molecule has 2 aromatic carbocycles. The lowest BCUT2D eigenvalue weighted by Gasteiger charge is -2.28. The molecule has 0 radical (unpaired) electrons. The van der Waals surface area contributed by atoms with E-state index in [0.717, 1.165) is 42.1 Å². The molecular weight excluding hydrogens is 383 g/mol. The molecule has 29 heavy (non-hydrogen) atoms. The highest BCUT2D eigenvalue weighted by Crippen LogP contribution is 2.46. The molecule has 152 valence electrons. The van der Waals surface area contributed by atoms with Crippen molar-refractivity contribution in [1.82, 2.24) is 9.80 Å². The molecule has 0 N–H and O–H groups in total. The van der Waals surface area contributed by atoms with Crippen molar-refractivity contribution in [3.05, 3.63) is 76.4 Å². The molecule has 5 heteroatoms. The molecule has 2 heterocycles. The molecule has 0 spiro atoms. The summed E-state index contributed by atoms with van der Waals surface area (Å²) in [6.07, 6.45) is 6.76. The molecule has 2 aromatic rings. The number of hydrogen-bond donors (Lipinski definition) is 0. The predicted molar refractivity (Wildman–Crippen MR) is 118 cm³/mol. The number of thioether (sulfide) groups is 1. The van der Waals surface area contributed by atoms with Gasteiger partial charge in [-0.05, 0) is 68.2 Å². The van der Waals surface area contributed by atoms with Crippen LogP contribution in [0.15, 0.2) is 59.5 Å². The molecule has 2 aliphatic heterocycles. The molecule has 1 atom stereocenters. The van der Waals surface area contributed by atoms with Crippen LogP contribution in [-0.4, -0.2) is 41.9 Å². The van der Waals surface area contributed by atoms with E-state index in [-0.39, 0.29) is 17.1 Å². The number of hydrogen-bond acceptors (Lipinski definition) is 3. The number of carbonyl (C=O) groups is 1. The summed E-state index contributed by atoms with van der Waals surface area (Å²) in [4.78, 5) is 18.3. The number of carbonyl (C=O) groups excluding carboxylic acids is 1. The number of benzene rings is 2. The van der Waals surface area contributed by atoms with Gasteiger partial charge < -0.3 is 9.80 Å². The fourth-order valence-corrected chi connectivity index (χ4v) is 5.33. The minimum absolute atomic E-state index is 0.0479. The molecule has 0 aliphatic carbocycles. The van der Waals surface area contributed by atoms with Crippen molar-refractivity contribution in [3.8, 4) is 0 Å². The lowest BCUT2D eigenvalue weighted by Crippen LogP contribution is -2.34. The molecule has 0 aromatic heterocycles. The maximum Gasteiger partial charge on any atom is 0.261 e. The first-order chi connectivity index (χ1) is 14.2. The Hall–Kier alpha value is -2.11. The van der Waals surface area contributed by atoms with Gasteiger partial charge in [0.15, 0.2) is 0 Å². The van der Waals surface area contributed by atoms with Crippen LogP contribution in [0.2, 0.25) is 0 Å². The minimum atomic E-state index is -0.260. The van der Waals surface area contributed by atoms with E-state index in [4.69, 9.17) is 0 Å². The van der Waals surface area contributed by atoms with Gasteiger partial charge in [-0.3, -0.25) is 4.79 Å². The van der Waals surface area contributed by atoms with Crippen molar-refractivity contribution in [1.29, 1.82) is 0 Å². The van der Waals surface area contributed by atoms with Crippen molar-refractivity contribution in [2.24, 2.45) is 0 Å². The summed E-state index contributed by atoms with van der Waals surface area (Å²) in [7, 11) is 0. The highest BCUT2D eigenvalue weighted by Gasteiger charge is 2.36. The van der Waals surface area contributed by atoms with Crippen molar-refractivity contribution in [3.63, 3.8) is 0 Å². The van der Waals surface area contributed by atoms with Gasteiger partial charge in [0, 0.05) is 6.54 Å². The maximum atomic E-state index is 13.8. The van der Waals surface area contributed by atoms with E-state index < -0.39 is 0 Å².